The molecule has 0 aromatic heterocycles. The number of aliphatic hydroxyl groups excluding tert-OH is 1. The van der Waals surface area contributed by atoms with Crippen molar-refractivity contribution < 1.29 is 80.2 Å². The van der Waals surface area contributed by atoms with Crippen LogP contribution in [-0.4, -0.2) is 96.7 Å². The number of phosphoric acid groups is 2. The summed E-state index contributed by atoms with van der Waals surface area (Å²) in [6.07, 6.45) is 58.9. The summed E-state index contributed by atoms with van der Waals surface area (Å²) in [6, 6.07) is 0. The number of allylic oxidation sites excluding steroid dienone is 4. The molecule has 6 atom stereocenters. The molecule has 3 unspecified atom stereocenters. The van der Waals surface area contributed by atoms with Gasteiger partial charge in [-0.05, 0) is 63.2 Å². The molecule has 0 aromatic carbocycles. The molecule has 96 heavy (non-hydrogen) atoms. The summed E-state index contributed by atoms with van der Waals surface area (Å²) in [5.41, 5.74) is 0. The first kappa shape index (κ1) is 93.5. The van der Waals surface area contributed by atoms with Crippen LogP contribution < -0.4 is 0 Å². The van der Waals surface area contributed by atoms with E-state index in [0.29, 0.717) is 25.7 Å². The van der Waals surface area contributed by atoms with Crippen LogP contribution in [-0.2, 0) is 65.4 Å². The number of carbonyl (C=O) groups is 4. The third-order valence-electron chi connectivity index (χ3n) is 17.7. The van der Waals surface area contributed by atoms with Crippen molar-refractivity contribution >= 4 is 39.5 Å². The van der Waals surface area contributed by atoms with Crippen LogP contribution in [0.3, 0.4) is 0 Å². The van der Waals surface area contributed by atoms with Gasteiger partial charge in [0.1, 0.15) is 19.3 Å². The van der Waals surface area contributed by atoms with Crippen LogP contribution >= 0.6 is 15.6 Å². The zero-order chi connectivity index (χ0) is 70.7. The fourth-order valence-electron chi connectivity index (χ4n) is 11.3. The topological polar surface area (TPSA) is 237 Å². The molecule has 0 aliphatic heterocycles. The molecule has 3 N–H and O–H groups in total. The van der Waals surface area contributed by atoms with Gasteiger partial charge in [0.05, 0.1) is 26.4 Å². The van der Waals surface area contributed by atoms with Crippen molar-refractivity contribution in [1.29, 1.82) is 0 Å². The molecule has 0 rings (SSSR count). The lowest BCUT2D eigenvalue weighted by Crippen LogP contribution is -2.30. The Morgan fingerprint density at radius 3 is 0.938 bits per heavy atom. The third-order valence-corrected chi connectivity index (χ3v) is 19.6. The van der Waals surface area contributed by atoms with E-state index in [1.165, 1.54) is 173 Å². The Hall–Kier alpha value is -2.46. The first-order valence-corrected chi connectivity index (χ1v) is 42.3. The highest BCUT2D eigenvalue weighted by Crippen LogP contribution is 2.45. The fourth-order valence-corrected chi connectivity index (χ4v) is 12.8. The SMILES string of the molecule is CCCCCC/C=C\C=C/CCCCCCCC(=O)OC[C@H](COP(=O)(O)OC[C@@H](O)COP(=O)(O)OC[C@@H](COC(=O)CCCCCCCCCCCC)OC(=O)CCCCCCCCCCCCC(C)CC)OC(=O)CCCCCCCCCCCCCCCCC(C)C. The molecule has 0 saturated heterocycles. The van der Waals surface area contributed by atoms with Crippen molar-refractivity contribution in [2.75, 3.05) is 39.6 Å². The Morgan fingerprint density at radius 2 is 0.615 bits per heavy atom. The average Bonchev–Trinajstić information content (AvgIpc) is 1.23. The molecule has 17 nitrogen and oxygen atoms in total. The second-order valence-corrected chi connectivity index (χ2v) is 30.7. The van der Waals surface area contributed by atoms with Gasteiger partial charge in [-0.2, -0.15) is 0 Å². The lowest BCUT2D eigenvalue weighted by molar-refractivity contribution is -0.161. The largest absolute Gasteiger partial charge is 0.472 e. The summed E-state index contributed by atoms with van der Waals surface area (Å²) < 4.78 is 68.5. The van der Waals surface area contributed by atoms with Gasteiger partial charge in [0.2, 0.25) is 0 Å². The van der Waals surface area contributed by atoms with Crippen molar-refractivity contribution in [3.8, 4) is 0 Å². The molecule has 0 aromatic rings. The van der Waals surface area contributed by atoms with Crippen molar-refractivity contribution in [2.24, 2.45) is 11.8 Å². The molecule has 19 heteroatoms. The Labute approximate surface area is 586 Å². The Kier molecular flexibility index (Phi) is 66.6. The van der Waals surface area contributed by atoms with E-state index in [-0.39, 0.29) is 25.7 Å². The second-order valence-electron chi connectivity index (χ2n) is 27.8. The van der Waals surface area contributed by atoms with E-state index >= 15 is 0 Å². The molecule has 566 valence electrons. The van der Waals surface area contributed by atoms with E-state index in [4.69, 9.17) is 37.0 Å². The highest BCUT2D eigenvalue weighted by atomic mass is 31.2. The number of hydrogen-bond donors (Lipinski definition) is 3. The molecule has 0 aliphatic carbocycles. The summed E-state index contributed by atoms with van der Waals surface area (Å²) in [5.74, 6) is -0.550. The van der Waals surface area contributed by atoms with Gasteiger partial charge >= 0.3 is 39.5 Å². The van der Waals surface area contributed by atoms with Crippen LogP contribution in [0, 0.1) is 11.8 Å². The van der Waals surface area contributed by atoms with E-state index < -0.39 is 97.5 Å². The molecule has 0 bridgehead atoms. The van der Waals surface area contributed by atoms with Gasteiger partial charge in [-0.15, -0.1) is 0 Å². The molecule has 0 aliphatic rings. The maximum Gasteiger partial charge on any atom is 0.472 e. The molecule has 0 saturated carbocycles. The van der Waals surface area contributed by atoms with Crippen molar-refractivity contribution in [3.63, 3.8) is 0 Å². The van der Waals surface area contributed by atoms with E-state index in [1.807, 2.05) is 0 Å². The van der Waals surface area contributed by atoms with Crippen molar-refractivity contribution in [2.45, 2.75) is 394 Å². The normalized spacial score (nSPS) is 14.4. The molecule has 0 spiro atoms. The summed E-state index contributed by atoms with van der Waals surface area (Å²) >= 11 is 0. The summed E-state index contributed by atoms with van der Waals surface area (Å²) in [7, 11) is -9.92. The quantitative estimate of drug-likeness (QED) is 0.0169. The standard InChI is InChI=1S/C77H146O17P2/c1-7-10-12-14-16-18-20-21-22-26-29-36-42-48-54-60-75(80)88-66-73(93-76(81)61-55-49-43-37-30-27-24-23-25-28-33-39-45-51-57-69(4)5)68-92-96(85,86)90-64-71(78)63-89-95(83,84)91-67-72(65-87-74(79)59-53-47-41-35-19-17-15-13-11-8-2)94-77(82)62-56-50-44-38-32-31-34-40-46-52-58-70(6)9-3/h18,20-22,69-73,78H,7-17,19,23-68H2,1-6H3,(H,83,84)(H,85,86)/b20-18-,22-21-/t70?,71-,72+,73+/m0/s1. The monoisotopic (exact) mass is 1410 g/mol. The smallest absolute Gasteiger partial charge is 0.462 e. The minimum atomic E-state index is -4.97. The summed E-state index contributed by atoms with van der Waals surface area (Å²) in [4.78, 5) is 72.8. The van der Waals surface area contributed by atoms with Gasteiger partial charge in [0.25, 0.3) is 0 Å². The van der Waals surface area contributed by atoms with E-state index in [0.717, 1.165) is 121 Å². The minimum absolute atomic E-state index is 0.101. The van der Waals surface area contributed by atoms with Crippen LogP contribution in [0.2, 0.25) is 0 Å². The van der Waals surface area contributed by atoms with Crippen molar-refractivity contribution in [1.82, 2.24) is 0 Å². The number of phosphoric ester groups is 2. The van der Waals surface area contributed by atoms with Crippen LogP contribution in [0.5, 0.6) is 0 Å². The van der Waals surface area contributed by atoms with Crippen LogP contribution in [0.25, 0.3) is 0 Å². The molecule has 0 radical (unpaired) electrons. The Bertz CT molecular complexity index is 1950. The number of ether oxygens (including phenoxy) is 4. The van der Waals surface area contributed by atoms with Gasteiger partial charge in [-0.3, -0.25) is 37.3 Å². The van der Waals surface area contributed by atoms with Crippen LogP contribution in [0.4, 0.5) is 0 Å². The van der Waals surface area contributed by atoms with E-state index in [2.05, 4.69) is 65.8 Å². The highest BCUT2D eigenvalue weighted by Gasteiger charge is 2.30. The number of unbranched alkanes of at least 4 members (excludes halogenated alkanes) is 40. The number of esters is 4. The third kappa shape index (κ3) is 68.7. The lowest BCUT2D eigenvalue weighted by Gasteiger charge is -2.21. The number of carbonyl (C=O) groups excluding carboxylic acids is 4. The van der Waals surface area contributed by atoms with Crippen LogP contribution in [0.15, 0.2) is 24.3 Å². The van der Waals surface area contributed by atoms with Gasteiger partial charge < -0.3 is 33.8 Å². The van der Waals surface area contributed by atoms with Gasteiger partial charge in [0.15, 0.2) is 12.2 Å². The Morgan fingerprint density at radius 1 is 0.344 bits per heavy atom. The maximum absolute atomic E-state index is 13.1. The van der Waals surface area contributed by atoms with Gasteiger partial charge in [-0.1, -0.05) is 323 Å². The molecule has 0 fully saturated rings. The fraction of sp³-hybridized carbons (Fsp3) is 0.896. The highest BCUT2D eigenvalue weighted by molar-refractivity contribution is 7.47. The average molecular weight is 1410 g/mol. The van der Waals surface area contributed by atoms with E-state index in [1.54, 1.807) is 0 Å². The van der Waals surface area contributed by atoms with Crippen molar-refractivity contribution in [3.05, 3.63) is 24.3 Å². The lowest BCUT2D eigenvalue weighted by atomic mass is 9.99. The summed E-state index contributed by atoms with van der Waals surface area (Å²) in [6.45, 7) is 9.57. The Balaban J connectivity index is 5.29. The zero-order valence-corrected chi connectivity index (χ0v) is 63.9. The zero-order valence-electron chi connectivity index (χ0n) is 62.2. The van der Waals surface area contributed by atoms with E-state index in [9.17, 15) is 43.2 Å². The summed E-state index contributed by atoms with van der Waals surface area (Å²) in [5, 5.41) is 10.6. The number of hydrogen-bond acceptors (Lipinski definition) is 15. The van der Waals surface area contributed by atoms with Gasteiger partial charge in [0, 0.05) is 25.7 Å². The maximum atomic E-state index is 13.1. The molecular formula is C77H146O17P2. The predicted molar refractivity (Wildman–Crippen MR) is 391 cm³/mol. The number of aliphatic hydroxyl groups is 1. The molecule has 0 heterocycles. The number of rotatable bonds is 74. The minimum Gasteiger partial charge on any atom is -0.462 e. The molecule has 0 amide bonds. The first-order valence-electron chi connectivity index (χ1n) is 39.3. The predicted octanol–water partition coefficient (Wildman–Crippen LogP) is 22.3. The first-order chi connectivity index (χ1) is 46.4. The molecular weight excluding hydrogens is 1260 g/mol. The second kappa shape index (κ2) is 68.3. The van der Waals surface area contributed by atoms with Crippen LogP contribution in [0.1, 0.15) is 375 Å². The van der Waals surface area contributed by atoms with Gasteiger partial charge in [-0.25, -0.2) is 9.13 Å².